The number of nitrogens with two attached hydrogens (primary N) is 1. The number of anilines is 2. The zero-order valence-electron chi connectivity index (χ0n) is 18.4. The lowest BCUT2D eigenvalue weighted by Crippen LogP contribution is -2.33. The van der Waals surface area contributed by atoms with Crippen LogP contribution >= 0.6 is 0 Å². The summed E-state index contributed by atoms with van der Waals surface area (Å²) in [6, 6.07) is 10.9. The van der Waals surface area contributed by atoms with E-state index in [-0.39, 0.29) is 12.1 Å². The Hall–Kier alpha value is -2.67. The van der Waals surface area contributed by atoms with E-state index in [0.29, 0.717) is 12.0 Å². The van der Waals surface area contributed by atoms with Crippen LogP contribution in [0.1, 0.15) is 71.0 Å². The summed E-state index contributed by atoms with van der Waals surface area (Å²) in [5.74, 6) is 1.05. The Morgan fingerprint density at radius 3 is 2.43 bits per heavy atom. The highest BCUT2D eigenvalue weighted by Gasteiger charge is 2.22. The molecule has 0 aliphatic heterocycles. The molecule has 1 fully saturated rings. The number of benzene rings is 1. The van der Waals surface area contributed by atoms with Crippen LogP contribution in [-0.4, -0.2) is 31.8 Å². The standard InChI is InChI=1S/C23H33N7/c1-14(2)19-21-20(29-28-19)22(25-17-8-6-5-7-9-17)27-23(30(21)15(3)4)26-18-12-10-16(24)11-13-18/h5-9,14-16,18H,10-13,24H2,1-4H3,(H,28,29)(H,25,26,27). The molecule has 4 rings (SSSR count). The number of H-pyrrole nitrogens is 1. The van der Waals surface area contributed by atoms with E-state index in [2.05, 4.69) is 47.8 Å². The first-order chi connectivity index (χ1) is 14.4. The van der Waals surface area contributed by atoms with Crippen molar-refractivity contribution in [1.82, 2.24) is 19.7 Å². The average molecular weight is 408 g/mol. The van der Waals surface area contributed by atoms with Gasteiger partial charge in [-0.1, -0.05) is 32.0 Å². The van der Waals surface area contributed by atoms with Crippen LogP contribution < -0.4 is 16.7 Å². The first-order valence-electron chi connectivity index (χ1n) is 11.1. The van der Waals surface area contributed by atoms with E-state index in [1.165, 1.54) is 0 Å². The van der Waals surface area contributed by atoms with Crippen molar-refractivity contribution in [3.63, 3.8) is 0 Å². The Bertz CT molecular complexity index is 1050. The summed E-state index contributed by atoms with van der Waals surface area (Å²) in [5.41, 5.74) is 10.9. The van der Waals surface area contributed by atoms with E-state index in [1.807, 2.05) is 30.3 Å². The SMILES string of the molecule is CC(C)c1[nH]nc2c(Nc3ccccc3)nc(=NC3CCC(N)CC3)n(C(C)C)c12. The van der Waals surface area contributed by atoms with Crippen LogP contribution in [0.5, 0.6) is 0 Å². The molecular weight excluding hydrogens is 374 g/mol. The van der Waals surface area contributed by atoms with E-state index in [0.717, 1.165) is 59.5 Å². The molecule has 3 aromatic rings. The van der Waals surface area contributed by atoms with Gasteiger partial charge in [0.1, 0.15) is 0 Å². The number of aromatic amines is 1. The molecule has 1 aliphatic carbocycles. The van der Waals surface area contributed by atoms with Crippen LogP contribution in [0, 0.1) is 0 Å². The molecule has 0 spiro atoms. The quantitative estimate of drug-likeness (QED) is 0.585. The van der Waals surface area contributed by atoms with E-state index >= 15 is 0 Å². The van der Waals surface area contributed by atoms with Gasteiger partial charge in [0.25, 0.3) is 0 Å². The number of rotatable bonds is 5. The van der Waals surface area contributed by atoms with Crippen molar-refractivity contribution >= 4 is 22.5 Å². The summed E-state index contributed by atoms with van der Waals surface area (Å²) in [4.78, 5) is 10.1. The van der Waals surface area contributed by atoms with Gasteiger partial charge in [0.05, 0.1) is 17.3 Å². The van der Waals surface area contributed by atoms with Gasteiger partial charge in [0.15, 0.2) is 11.3 Å². The number of fused-ring (bicyclic) bond motifs is 1. The Morgan fingerprint density at radius 2 is 1.80 bits per heavy atom. The van der Waals surface area contributed by atoms with Crippen LogP contribution in [0.15, 0.2) is 35.3 Å². The maximum Gasteiger partial charge on any atom is 0.227 e. The van der Waals surface area contributed by atoms with Crippen LogP contribution in [0.2, 0.25) is 0 Å². The van der Waals surface area contributed by atoms with E-state index in [1.54, 1.807) is 0 Å². The molecule has 1 aromatic carbocycles. The molecule has 7 heteroatoms. The van der Waals surface area contributed by atoms with Gasteiger partial charge in [0.2, 0.25) is 5.62 Å². The maximum atomic E-state index is 6.11. The smallest absolute Gasteiger partial charge is 0.227 e. The molecule has 4 N–H and O–H groups in total. The number of hydrogen-bond acceptors (Lipinski definition) is 5. The minimum Gasteiger partial charge on any atom is -0.338 e. The molecule has 1 aliphatic rings. The minimum atomic E-state index is 0.213. The largest absolute Gasteiger partial charge is 0.338 e. The zero-order valence-corrected chi connectivity index (χ0v) is 18.4. The fraction of sp³-hybridized carbons (Fsp3) is 0.522. The summed E-state index contributed by atoms with van der Waals surface area (Å²) in [7, 11) is 0. The second-order valence-corrected chi connectivity index (χ2v) is 8.90. The van der Waals surface area contributed by atoms with Crippen molar-refractivity contribution in [2.24, 2.45) is 10.7 Å². The predicted molar refractivity (Wildman–Crippen MR) is 122 cm³/mol. The molecule has 7 nitrogen and oxygen atoms in total. The van der Waals surface area contributed by atoms with Crippen LogP contribution in [0.25, 0.3) is 11.0 Å². The number of nitrogens with one attached hydrogen (secondary N) is 2. The van der Waals surface area contributed by atoms with Crippen molar-refractivity contribution in [3.8, 4) is 0 Å². The summed E-state index contributed by atoms with van der Waals surface area (Å²) < 4.78 is 2.23. The molecule has 0 saturated heterocycles. The Morgan fingerprint density at radius 1 is 1.10 bits per heavy atom. The molecular formula is C23H33N7. The van der Waals surface area contributed by atoms with E-state index < -0.39 is 0 Å². The third-order valence-electron chi connectivity index (χ3n) is 5.83. The molecule has 0 bridgehead atoms. The van der Waals surface area contributed by atoms with Crippen LogP contribution in [-0.2, 0) is 0 Å². The predicted octanol–water partition coefficient (Wildman–Crippen LogP) is 4.38. The first kappa shape index (κ1) is 20.6. The number of hydrogen-bond donors (Lipinski definition) is 3. The van der Waals surface area contributed by atoms with E-state index in [4.69, 9.17) is 15.7 Å². The first-order valence-corrected chi connectivity index (χ1v) is 11.1. The highest BCUT2D eigenvalue weighted by Crippen LogP contribution is 2.29. The van der Waals surface area contributed by atoms with Crippen LogP contribution in [0.3, 0.4) is 0 Å². The van der Waals surface area contributed by atoms with Gasteiger partial charge in [-0.15, -0.1) is 0 Å². The lowest BCUT2D eigenvalue weighted by atomic mass is 9.92. The van der Waals surface area contributed by atoms with Crippen LogP contribution in [0.4, 0.5) is 11.5 Å². The summed E-state index contributed by atoms with van der Waals surface area (Å²) >= 11 is 0. The summed E-state index contributed by atoms with van der Waals surface area (Å²) in [6.45, 7) is 8.72. The van der Waals surface area contributed by atoms with Crippen molar-refractivity contribution in [2.75, 3.05) is 5.32 Å². The molecule has 160 valence electrons. The lowest BCUT2D eigenvalue weighted by Gasteiger charge is -2.24. The molecule has 0 atom stereocenters. The van der Waals surface area contributed by atoms with E-state index in [9.17, 15) is 0 Å². The number of nitrogens with zero attached hydrogens (tertiary/aromatic N) is 4. The molecule has 0 amide bonds. The van der Waals surface area contributed by atoms with Gasteiger partial charge in [-0.3, -0.25) is 5.10 Å². The van der Waals surface area contributed by atoms with Gasteiger partial charge >= 0.3 is 0 Å². The van der Waals surface area contributed by atoms with Crippen molar-refractivity contribution in [1.29, 1.82) is 0 Å². The Labute approximate surface area is 177 Å². The fourth-order valence-corrected chi connectivity index (χ4v) is 4.19. The summed E-state index contributed by atoms with van der Waals surface area (Å²) in [6.07, 6.45) is 4.08. The normalized spacial score (nSPS) is 20.4. The second kappa shape index (κ2) is 8.60. The monoisotopic (exact) mass is 407 g/mol. The van der Waals surface area contributed by atoms with Gasteiger partial charge in [0, 0.05) is 17.8 Å². The Balaban J connectivity index is 1.92. The number of aromatic nitrogens is 4. The lowest BCUT2D eigenvalue weighted by molar-refractivity contribution is 0.386. The van der Waals surface area contributed by atoms with Gasteiger partial charge < -0.3 is 15.6 Å². The number of para-hydroxylation sites is 1. The van der Waals surface area contributed by atoms with Crippen molar-refractivity contribution in [2.45, 2.75) is 77.4 Å². The molecule has 2 aromatic heterocycles. The van der Waals surface area contributed by atoms with Crippen molar-refractivity contribution in [3.05, 3.63) is 41.6 Å². The maximum absolute atomic E-state index is 6.11. The second-order valence-electron chi connectivity index (χ2n) is 8.90. The van der Waals surface area contributed by atoms with Gasteiger partial charge in [-0.2, -0.15) is 10.1 Å². The zero-order chi connectivity index (χ0) is 21.3. The Kier molecular flexibility index (Phi) is 5.90. The molecule has 0 radical (unpaired) electrons. The molecule has 0 unspecified atom stereocenters. The van der Waals surface area contributed by atoms with Crippen molar-refractivity contribution < 1.29 is 0 Å². The molecule has 1 saturated carbocycles. The summed E-state index contributed by atoms with van der Waals surface area (Å²) in [5, 5.41) is 11.4. The minimum absolute atomic E-state index is 0.213. The molecule has 2 heterocycles. The fourth-order valence-electron chi connectivity index (χ4n) is 4.19. The van der Waals surface area contributed by atoms with Gasteiger partial charge in [-0.25, -0.2) is 4.99 Å². The topological polar surface area (TPSA) is 96.9 Å². The third-order valence-corrected chi connectivity index (χ3v) is 5.83. The highest BCUT2D eigenvalue weighted by molar-refractivity contribution is 5.89. The van der Waals surface area contributed by atoms with Gasteiger partial charge in [-0.05, 0) is 57.6 Å². The average Bonchev–Trinajstić information content (AvgIpc) is 3.16. The molecule has 30 heavy (non-hydrogen) atoms. The third kappa shape index (κ3) is 4.12. The highest BCUT2D eigenvalue weighted by atomic mass is 15.2.